The molecule has 1 aromatic heterocycles. The van der Waals surface area contributed by atoms with Crippen LogP contribution in [0.1, 0.15) is 16.1 Å². The maximum atomic E-state index is 10.8. The molecule has 18 heavy (non-hydrogen) atoms. The van der Waals surface area contributed by atoms with Gasteiger partial charge in [-0.15, -0.1) is 11.3 Å². The van der Waals surface area contributed by atoms with Gasteiger partial charge < -0.3 is 9.47 Å². The Labute approximate surface area is 122 Å². The predicted octanol–water partition coefficient (Wildman–Crippen LogP) is 3.15. The quantitative estimate of drug-likeness (QED) is 0.595. The van der Waals surface area contributed by atoms with Crippen LogP contribution in [0.2, 0.25) is 0 Å². The number of nitrogens with zero attached hydrogens (tertiary/aromatic N) is 1. The molecule has 1 aromatic carbocycles. The molecule has 2 aromatic rings. The highest BCUT2D eigenvalue weighted by Crippen LogP contribution is 2.34. The fourth-order valence-electron chi connectivity index (χ4n) is 1.40. The normalized spacial score (nSPS) is 10.1. The van der Waals surface area contributed by atoms with E-state index in [0.29, 0.717) is 23.7 Å². The Morgan fingerprint density at radius 3 is 2.94 bits per heavy atom. The van der Waals surface area contributed by atoms with Gasteiger partial charge >= 0.3 is 0 Å². The largest absolute Gasteiger partial charge is 0.493 e. The standard InChI is InChI=1S/C12H10INO3S/c1-16-11-3-8(4-15)2-10(13)12(11)17-5-9-6-18-7-14-9/h2-4,6-7H,5H2,1H3. The van der Waals surface area contributed by atoms with Crippen LogP contribution in [0.4, 0.5) is 0 Å². The molecular weight excluding hydrogens is 365 g/mol. The maximum absolute atomic E-state index is 10.8. The number of methoxy groups -OCH3 is 1. The van der Waals surface area contributed by atoms with Gasteiger partial charge in [-0.05, 0) is 34.7 Å². The lowest BCUT2D eigenvalue weighted by Gasteiger charge is -2.12. The molecule has 1 heterocycles. The second-order valence-corrected chi connectivity index (χ2v) is 5.30. The summed E-state index contributed by atoms with van der Waals surface area (Å²) in [7, 11) is 1.55. The van der Waals surface area contributed by atoms with Gasteiger partial charge in [-0.25, -0.2) is 4.98 Å². The highest BCUT2D eigenvalue weighted by Gasteiger charge is 2.12. The van der Waals surface area contributed by atoms with E-state index in [-0.39, 0.29) is 0 Å². The third-order valence-electron chi connectivity index (χ3n) is 2.24. The van der Waals surface area contributed by atoms with Crippen molar-refractivity contribution in [1.29, 1.82) is 0 Å². The van der Waals surface area contributed by atoms with Gasteiger partial charge in [-0.2, -0.15) is 0 Å². The van der Waals surface area contributed by atoms with Gasteiger partial charge in [0.15, 0.2) is 11.5 Å². The fraction of sp³-hybridized carbons (Fsp3) is 0.167. The van der Waals surface area contributed by atoms with Crippen LogP contribution >= 0.6 is 33.9 Å². The number of ether oxygens (including phenoxy) is 2. The first-order chi connectivity index (χ1) is 8.74. The molecule has 0 saturated heterocycles. The van der Waals surface area contributed by atoms with Crippen LogP contribution in [0.25, 0.3) is 0 Å². The van der Waals surface area contributed by atoms with E-state index >= 15 is 0 Å². The number of hydrogen-bond acceptors (Lipinski definition) is 5. The molecule has 6 heteroatoms. The molecule has 0 aliphatic heterocycles. The Kier molecular flexibility index (Phi) is 4.54. The second kappa shape index (κ2) is 6.14. The zero-order valence-electron chi connectivity index (χ0n) is 9.55. The van der Waals surface area contributed by atoms with Crippen LogP contribution in [0.15, 0.2) is 23.0 Å². The summed E-state index contributed by atoms with van der Waals surface area (Å²) < 4.78 is 11.8. The van der Waals surface area contributed by atoms with Crippen molar-refractivity contribution in [3.05, 3.63) is 37.9 Å². The van der Waals surface area contributed by atoms with Crippen LogP contribution in [0.3, 0.4) is 0 Å². The third kappa shape index (κ3) is 2.99. The second-order valence-electron chi connectivity index (χ2n) is 3.42. The van der Waals surface area contributed by atoms with Crippen molar-refractivity contribution in [2.45, 2.75) is 6.61 Å². The number of aldehydes is 1. The molecule has 0 fully saturated rings. The van der Waals surface area contributed by atoms with Crippen molar-refractivity contribution in [2.24, 2.45) is 0 Å². The summed E-state index contributed by atoms with van der Waals surface area (Å²) in [5.41, 5.74) is 3.20. The average Bonchev–Trinajstić information content (AvgIpc) is 2.89. The Bertz CT molecular complexity index is 543. The molecule has 2 rings (SSSR count). The Balaban J connectivity index is 2.23. The molecule has 0 amide bonds. The minimum Gasteiger partial charge on any atom is -0.493 e. The van der Waals surface area contributed by atoms with Crippen molar-refractivity contribution >= 4 is 40.2 Å². The molecule has 0 spiro atoms. The Hall–Kier alpha value is -1.15. The molecular formula is C12H10INO3S. The first-order valence-electron chi connectivity index (χ1n) is 5.07. The summed E-state index contributed by atoms with van der Waals surface area (Å²) >= 11 is 3.64. The van der Waals surface area contributed by atoms with Gasteiger partial charge in [0.25, 0.3) is 0 Å². The van der Waals surface area contributed by atoms with Crippen molar-refractivity contribution in [1.82, 2.24) is 4.98 Å². The number of benzene rings is 1. The summed E-state index contributed by atoms with van der Waals surface area (Å²) in [6.45, 7) is 0.385. The molecule has 0 unspecified atom stereocenters. The first kappa shape index (κ1) is 13.3. The minimum atomic E-state index is 0.385. The van der Waals surface area contributed by atoms with Crippen LogP contribution < -0.4 is 9.47 Å². The van der Waals surface area contributed by atoms with E-state index in [4.69, 9.17) is 9.47 Å². The molecule has 0 aliphatic carbocycles. The zero-order valence-corrected chi connectivity index (χ0v) is 12.5. The lowest BCUT2D eigenvalue weighted by molar-refractivity contribution is 0.112. The van der Waals surface area contributed by atoms with Gasteiger partial charge in [0.2, 0.25) is 0 Å². The first-order valence-corrected chi connectivity index (χ1v) is 7.09. The zero-order chi connectivity index (χ0) is 13.0. The van der Waals surface area contributed by atoms with Gasteiger partial charge in [-0.3, -0.25) is 4.79 Å². The van der Waals surface area contributed by atoms with Gasteiger partial charge in [0, 0.05) is 10.9 Å². The smallest absolute Gasteiger partial charge is 0.175 e. The van der Waals surface area contributed by atoms with E-state index in [1.165, 1.54) is 11.3 Å². The van der Waals surface area contributed by atoms with Crippen LogP contribution in [0, 0.1) is 3.57 Å². The maximum Gasteiger partial charge on any atom is 0.175 e. The number of carbonyl (C=O) groups is 1. The van der Waals surface area contributed by atoms with Crippen LogP contribution in [0.5, 0.6) is 11.5 Å². The van der Waals surface area contributed by atoms with Crippen LogP contribution in [-0.4, -0.2) is 18.4 Å². The van der Waals surface area contributed by atoms with Crippen LogP contribution in [-0.2, 0) is 6.61 Å². The van der Waals surface area contributed by atoms with E-state index in [1.54, 1.807) is 24.8 Å². The van der Waals surface area contributed by atoms with Crippen molar-refractivity contribution in [3.8, 4) is 11.5 Å². The van der Waals surface area contributed by atoms with E-state index in [2.05, 4.69) is 27.6 Å². The fourth-order valence-corrected chi connectivity index (χ4v) is 2.73. The van der Waals surface area contributed by atoms with Gasteiger partial charge in [0.05, 0.1) is 21.9 Å². The summed E-state index contributed by atoms with van der Waals surface area (Å²) in [4.78, 5) is 14.9. The molecule has 4 nitrogen and oxygen atoms in total. The molecule has 0 bridgehead atoms. The SMILES string of the molecule is COc1cc(C=O)cc(I)c1OCc1cscn1. The van der Waals surface area contributed by atoms with E-state index in [1.807, 2.05) is 5.38 Å². The summed E-state index contributed by atoms with van der Waals surface area (Å²) in [6.07, 6.45) is 0.787. The van der Waals surface area contributed by atoms with Gasteiger partial charge in [0.1, 0.15) is 12.9 Å². The monoisotopic (exact) mass is 375 g/mol. The third-order valence-corrected chi connectivity index (χ3v) is 3.67. The number of carbonyl (C=O) groups excluding carboxylic acids is 1. The molecule has 0 atom stereocenters. The summed E-state index contributed by atoms with van der Waals surface area (Å²) in [5, 5.41) is 1.93. The van der Waals surface area contributed by atoms with E-state index in [9.17, 15) is 4.79 Å². The highest BCUT2D eigenvalue weighted by atomic mass is 127. The summed E-state index contributed by atoms with van der Waals surface area (Å²) in [6, 6.07) is 3.41. The Morgan fingerprint density at radius 1 is 1.50 bits per heavy atom. The minimum absolute atomic E-state index is 0.385. The highest BCUT2D eigenvalue weighted by molar-refractivity contribution is 14.1. The molecule has 94 valence electrons. The van der Waals surface area contributed by atoms with E-state index < -0.39 is 0 Å². The molecule has 0 radical (unpaired) electrons. The van der Waals surface area contributed by atoms with E-state index in [0.717, 1.165) is 15.6 Å². The predicted molar refractivity (Wildman–Crippen MR) is 77.5 cm³/mol. The van der Waals surface area contributed by atoms with Gasteiger partial charge in [-0.1, -0.05) is 0 Å². The summed E-state index contributed by atoms with van der Waals surface area (Å²) in [5.74, 6) is 1.19. The number of hydrogen-bond donors (Lipinski definition) is 0. The average molecular weight is 375 g/mol. The van der Waals surface area contributed by atoms with Crippen molar-refractivity contribution in [2.75, 3.05) is 7.11 Å². The number of rotatable bonds is 5. The molecule has 0 saturated carbocycles. The number of aromatic nitrogens is 1. The number of halogens is 1. The lowest BCUT2D eigenvalue weighted by Crippen LogP contribution is -2.00. The number of thiazole rings is 1. The van der Waals surface area contributed by atoms with Crippen molar-refractivity contribution < 1.29 is 14.3 Å². The molecule has 0 N–H and O–H groups in total. The topological polar surface area (TPSA) is 48.4 Å². The molecule has 0 aliphatic rings. The Morgan fingerprint density at radius 2 is 2.33 bits per heavy atom. The van der Waals surface area contributed by atoms with Crippen molar-refractivity contribution in [3.63, 3.8) is 0 Å². The lowest BCUT2D eigenvalue weighted by atomic mass is 10.2.